The van der Waals surface area contributed by atoms with Crippen molar-refractivity contribution in [1.82, 2.24) is 4.72 Å². The third-order valence-corrected chi connectivity index (χ3v) is 4.58. The molecule has 0 amide bonds. The van der Waals surface area contributed by atoms with Gasteiger partial charge in [-0.3, -0.25) is 0 Å². The summed E-state index contributed by atoms with van der Waals surface area (Å²) in [6, 6.07) is 6.22. The van der Waals surface area contributed by atoms with Gasteiger partial charge in [-0.25, -0.2) is 4.39 Å². The van der Waals surface area contributed by atoms with Gasteiger partial charge >= 0.3 is 0 Å². The van der Waals surface area contributed by atoms with E-state index < -0.39 is 27.5 Å². The molecule has 1 N–H and O–H groups in total. The lowest BCUT2D eigenvalue weighted by molar-refractivity contribution is -0.108. The summed E-state index contributed by atoms with van der Waals surface area (Å²) in [6.45, 7) is 7.14. The second-order valence-corrected chi connectivity index (χ2v) is 7.63. The fourth-order valence-electron chi connectivity index (χ4n) is 1.64. The summed E-state index contributed by atoms with van der Waals surface area (Å²) in [4.78, 5) is 10.9. The Labute approximate surface area is 116 Å². The van der Waals surface area contributed by atoms with Gasteiger partial charge in [-0.2, -0.15) is 0 Å². The molecular formula is C14H20FNO2S. The molecule has 19 heavy (non-hydrogen) atoms. The maximum atomic E-state index is 13.9. The highest BCUT2D eigenvalue weighted by atomic mass is 32.2. The topological polar surface area (TPSA) is 52.2 Å². The van der Waals surface area contributed by atoms with Crippen molar-refractivity contribution in [2.45, 2.75) is 44.4 Å². The van der Waals surface area contributed by atoms with E-state index in [1.165, 1.54) is 6.07 Å². The van der Waals surface area contributed by atoms with Gasteiger partial charge in [-0.05, 0) is 33.8 Å². The number of hydrogen-bond donors (Lipinski definition) is 1. The van der Waals surface area contributed by atoms with Crippen molar-refractivity contribution in [2.24, 2.45) is 0 Å². The SMILES string of the molecule is CC(CC=O)(N[S+]([O-])C(C)(C)C)c1ccccc1F. The van der Waals surface area contributed by atoms with Gasteiger partial charge in [0.1, 0.15) is 16.9 Å². The van der Waals surface area contributed by atoms with Gasteiger partial charge in [0.2, 0.25) is 0 Å². The Kier molecular flexibility index (Phi) is 5.12. The zero-order valence-electron chi connectivity index (χ0n) is 11.7. The molecular weight excluding hydrogens is 265 g/mol. The predicted molar refractivity (Wildman–Crippen MR) is 75.5 cm³/mol. The van der Waals surface area contributed by atoms with Crippen molar-refractivity contribution >= 4 is 17.6 Å². The molecule has 0 fully saturated rings. The largest absolute Gasteiger partial charge is 0.598 e. The predicted octanol–water partition coefficient (Wildman–Crippen LogP) is 2.68. The minimum Gasteiger partial charge on any atom is -0.598 e. The molecule has 2 atom stereocenters. The molecule has 0 aromatic heterocycles. The molecule has 1 rings (SSSR count). The summed E-state index contributed by atoms with van der Waals surface area (Å²) in [5.41, 5.74) is -0.634. The summed E-state index contributed by atoms with van der Waals surface area (Å²) in [5.74, 6) is -0.412. The van der Waals surface area contributed by atoms with E-state index in [4.69, 9.17) is 0 Å². The maximum absolute atomic E-state index is 13.9. The van der Waals surface area contributed by atoms with Crippen LogP contribution >= 0.6 is 0 Å². The number of rotatable bonds is 5. The molecule has 2 unspecified atom stereocenters. The molecule has 0 saturated carbocycles. The van der Waals surface area contributed by atoms with E-state index in [1.54, 1.807) is 25.1 Å². The molecule has 0 radical (unpaired) electrons. The van der Waals surface area contributed by atoms with Crippen LogP contribution in [0.15, 0.2) is 24.3 Å². The average Bonchev–Trinajstić information content (AvgIpc) is 2.28. The van der Waals surface area contributed by atoms with Crippen LogP contribution in [0.25, 0.3) is 0 Å². The van der Waals surface area contributed by atoms with Crippen LogP contribution in [0.4, 0.5) is 4.39 Å². The van der Waals surface area contributed by atoms with Crippen molar-refractivity contribution in [3.05, 3.63) is 35.6 Å². The smallest absolute Gasteiger partial charge is 0.136 e. The molecule has 0 saturated heterocycles. The van der Waals surface area contributed by atoms with E-state index >= 15 is 0 Å². The Morgan fingerprint density at radius 2 is 1.89 bits per heavy atom. The third-order valence-electron chi connectivity index (χ3n) is 2.83. The Morgan fingerprint density at radius 1 is 1.32 bits per heavy atom. The van der Waals surface area contributed by atoms with E-state index in [9.17, 15) is 13.7 Å². The van der Waals surface area contributed by atoms with Crippen LogP contribution < -0.4 is 4.72 Å². The van der Waals surface area contributed by atoms with Crippen molar-refractivity contribution < 1.29 is 13.7 Å². The molecule has 0 aliphatic rings. The van der Waals surface area contributed by atoms with Gasteiger partial charge in [-0.1, -0.05) is 18.2 Å². The van der Waals surface area contributed by atoms with Gasteiger partial charge in [0.05, 0.1) is 5.54 Å². The van der Waals surface area contributed by atoms with Crippen molar-refractivity contribution in [1.29, 1.82) is 0 Å². The number of benzene rings is 1. The molecule has 0 aliphatic carbocycles. The van der Waals surface area contributed by atoms with Crippen molar-refractivity contribution in [2.75, 3.05) is 0 Å². The molecule has 0 aliphatic heterocycles. The zero-order chi connectivity index (χ0) is 14.7. The van der Waals surface area contributed by atoms with Crippen LogP contribution in [-0.2, 0) is 21.7 Å². The van der Waals surface area contributed by atoms with Crippen LogP contribution in [0.2, 0.25) is 0 Å². The second-order valence-electron chi connectivity index (χ2n) is 5.67. The molecule has 106 valence electrons. The highest BCUT2D eigenvalue weighted by Gasteiger charge is 2.38. The average molecular weight is 285 g/mol. The Hall–Kier alpha value is -0.910. The molecule has 3 nitrogen and oxygen atoms in total. The minimum atomic E-state index is -1.39. The Balaban J connectivity index is 3.11. The summed E-state index contributed by atoms with van der Waals surface area (Å²) in [5, 5.41) is 0. The Morgan fingerprint density at radius 3 is 2.37 bits per heavy atom. The summed E-state index contributed by atoms with van der Waals surface area (Å²) >= 11 is -1.39. The molecule has 0 bridgehead atoms. The highest BCUT2D eigenvalue weighted by molar-refractivity contribution is 7.90. The number of halogens is 1. The van der Waals surface area contributed by atoms with Crippen molar-refractivity contribution in [3.8, 4) is 0 Å². The second kappa shape index (κ2) is 6.03. The standard InChI is InChI=1S/C14H20FNO2S/c1-13(2,3)19(18)16-14(4,9-10-17)11-7-5-6-8-12(11)15/h5-8,10,16H,9H2,1-4H3. The first-order valence-corrected chi connectivity index (χ1v) is 7.24. The summed E-state index contributed by atoms with van der Waals surface area (Å²) in [6.07, 6.45) is 0.759. The summed E-state index contributed by atoms with van der Waals surface area (Å²) in [7, 11) is 0. The van der Waals surface area contributed by atoms with E-state index in [2.05, 4.69) is 4.72 Å². The fourth-order valence-corrected chi connectivity index (χ4v) is 2.55. The number of aldehydes is 1. The highest BCUT2D eigenvalue weighted by Crippen LogP contribution is 2.29. The molecule has 1 aromatic carbocycles. The molecule has 0 spiro atoms. The summed E-state index contributed by atoms with van der Waals surface area (Å²) < 4.78 is 28.5. The lowest BCUT2D eigenvalue weighted by Gasteiger charge is -2.34. The molecule has 5 heteroatoms. The quantitative estimate of drug-likeness (QED) is 0.668. The first-order chi connectivity index (χ1) is 8.70. The van der Waals surface area contributed by atoms with Crippen LogP contribution in [0.5, 0.6) is 0 Å². The maximum Gasteiger partial charge on any atom is 0.136 e. The van der Waals surface area contributed by atoms with E-state index in [-0.39, 0.29) is 6.42 Å². The molecule has 1 aromatic rings. The van der Waals surface area contributed by atoms with Gasteiger partial charge < -0.3 is 9.35 Å². The number of carbonyl (C=O) groups is 1. The number of carbonyl (C=O) groups excluding carboxylic acids is 1. The first kappa shape index (κ1) is 16.1. The van der Waals surface area contributed by atoms with E-state index in [0.29, 0.717) is 11.8 Å². The molecule has 0 heterocycles. The lowest BCUT2D eigenvalue weighted by Crippen LogP contribution is -2.50. The Bertz CT molecular complexity index is 447. The van der Waals surface area contributed by atoms with Crippen LogP contribution in [0, 0.1) is 5.82 Å². The normalized spacial score (nSPS) is 16.7. The lowest BCUT2D eigenvalue weighted by atomic mass is 9.90. The number of nitrogens with one attached hydrogen (secondary N) is 1. The van der Waals surface area contributed by atoms with Crippen LogP contribution in [-0.4, -0.2) is 15.6 Å². The van der Waals surface area contributed by atoms with Crippen molar-refractivity contribution in [3.63, 3.8) is 0 Å². The number of hydrogen-bond acceptors (Lipinski definition) is 3. The van der Waals surface area contributed by atoms with Gasteiger partial charge in [0, 0.05) is 23.3 Å². The third kappa shape index (κ3) is 4.03. The minimum absolute atomic E-state index is 0.0513. The van der Waals surface area contributed by atoms with Crippen LogP contribution in [0.1, 0.15) is 39.7 Å². The van der Waals surface area contributed by atoms with Gasteiger partial charge in [0.15, 0.2) is 0 Å². The fraction of sp³-hybridized carbons (Fsp3) is 0.500. The first-order valence-electron chi connectivity index (χ1n) is 6.09. The zero-order valence-corrected chi connectivity index (χ0v) is 12.5. The van der Waals surface area contributed by atoms with E-state index in [1.807, 2.05) is 20.8 Å². The van der Waals surface area contributed by atoms with Gasteiger partial charge in [0.25, 0.3) is 0 Å². The van der Waals surface area contributed by atoms with Gasteiger partial charge in [-0.15, -0.1) is 4.72 Å². The van der Waals surface area contributed by atoms with E-state index in [0.717, 1.165) is 0 Å². The van der Waals surface area contributed by atoms with Crippen LogP contribution in [0.3, 0.4) is 0 Å². The monoisotopic (exact) mass is 285 g/mol.